The summed E-state index contributed by atoms with van der Waals surface area (Å²) in [7, 11) is -7.64. The molecule has 8 heteroatoms. The van der Waals surface area contributed by atoms with Crippen molar-refractivity contribution in [3.63, 3.8) is 0 Å². The molecule has 0 radical (unpaired) electrons. The average molecular weight is 318 g/mol. The summed E-state index contributed by atoms with van der Waals surface area (Å²) in [5.41, 5.74) is -0.462. The predicted molar refractivity (Wildman–Crippen MR) is 75.0 cm³/mol. The first-order valence-electron chi connectivity index (χ1n) is 6.21. The second kappa shape index (κ2) is 4.80. The Balaban J connectivity index is 2.51. The van der Waals surface area contributed by atoms with E-state index < -0.39 is 25.6 Å². The first-order chi connectivity index (χ1) is 9.05. The van der Waals surface area contributed by atoms with Crippen molar-refractivity contribution in [2.45, 2.75) is 42.0 Å². The fourth-order valence-corrected chi connectivity index (χ4v) is 4.99. The highest BCUT2D eigenvalue weighted by atomic mass is 32.2. The maximum absolute atomic E-state index is 12.6. The van der Waals surface area contributed by atoms with Crippen molar-refractivity contribution < 1.29 is 16.8 Å². The molecule has 0 unspecified atom stereocenters. The molecule has 0 spiro atoms. The highest BCUT2D eigenvalue weighted by molar-refractivity contribution is 7.90. The summed E-state index contributed by atoms with van der Waals surface area (Å²) < 4.78 is 49.3. The number of rotatable bonds is 3. The molecule has 6 nitrogen and oxygen atoms in total. The van der Waals surface area contributed by atoms with Crippen LogP contribution in [0.25, 0.3) is 0 Å². The molecular weight excluding hydrogens is 300 g/mol. The quantitative estimate of drug-likeness (QED) is 0.895. The molecule has 1 aliphatic heterocycles. The summed E-state index contributed by atoms with van der Waals surface area (Å²) >= 11 is 0. The van der Waals surface area contributed by atoms with Gasteiger partial charge in [-0.05, 0) is 44.9 Å². The van der Waals surface area contributed by atoms with Gasteiger partial charge in [-0.25, -0.2) is 22.0 Å². The standard InChI is InChI=1S/C12H18N2O4S2/c1-12(2)7-4-8-14(12)20(17,18)11-6-3-5-10(9-11)19(13,15)16/h3,5-6,9H,4,7-8H2,1-2H3,(H2,13,15,16). The topological polar surface area (TPSA) is 97.5 Å². The maximum Gasteiger partial charge on any atom is 0.243 e. The van der Waals surface area contributed by atoms with Crippen LogP contribution in [0.1, 0.15) is 26.7 Å². The Labute approximate surface area is 119 Å². The number of primary sulfonamides is 1. The summed E-state index contributed by atoms with van der Waals surface area (Å²) in [6, 6.07) is 5.16. The maximum atomic E-state index is 12.6. The lowest BCUT2D eigenvalue weighted by Crippen LogP contribution is -2.42. The molecule has 1 fully saturated rings. The molecular formula is C12H18N2O4S2. The van der Waals surface area contributed by atoms with Gasteiger partial charge in [0.15, 0.2) is 0 Å². The molecule has 1 aromatic carbocycles. The van der Waals surface area contributed by atoms with Crippen LogP contribution in [-0.4, -0.2) is 33.2 Å². The van der Waals surface area contributed by atoms with Crippen LogP contribution in [0, 0.1) is 0 Å². The molecule has 0 bridgehead atoms. The minimum absolute atomic E-state index is 0.0426. The molecule has 112 valence electrons. The van der Waals surface area contributed by atoms with Gasteiger partial charge in [0, 0.05) is 12.1 Å². The Hall–Kier alpha value is -0.960. The molecule has 1 heterocycles. The Morgan fingerprint density at radius 1 is 1.15 bits per heavy atom. The molecule has 0 aromatic heterocycles. The normalized spacial score (nSPS) is 20.1. The monoisotopic (exact) mass is 318 g/mol. The summed E-state index contributed by atoms with van der Waals surface area (Å²) in [5, 5.41) is 5.04. The second-order valence-corrected chi connectivity index (χ2v) is 8.94. The van der Waals surface area contributed by atoms with Crippen molar-refractivity contribution >= 4 is 20.0 Å². The van der Waals surface area contributed by atoms with E-state index in [0.29, 0.717) is 6.54 Å². The van der Waals surface area contributed by atoms with E-state index in [2.05, 4.69) is 0 Å². The van der Waals surface area contributed by atoms with E-state index in [1.807, 2.05) is 13.8 Å². The summed E-state index contributed by atoms with van der Waals surface area (Å²) in [5.74, 6) is 0. The van der Waals surface area contributed by atoms with E-state index in [-0.39, 0.29) is 9.79 Å². The molecule has 1 aliphatic rings. The molecule has 2 rings (SSSR count). The van der Waals surface area contributed by atoms with E-state index in [0.717, 1.165) is 18.9 Å². The molecule has 2 N–H and O–H groups in total. The molecule has 0 saturated carbocycles. The third-order valence-electron chi connectivity index (χ3n) is 3.55. The van der Waals surface area contributed by atoms with Crippen molar-refractivity contribution in [1.82, 2.24) is 4.31 Å². The second-order valence-electron chi connectivity index (χ2n) is 5.51. The van der Waals surface area contributed by atoms with E-state index in [1.54, 1.807) is 0 Å². The molecule has 0 amide bonds. The van der Waals surface area contributed by atoms with Gasteiger partial charge in [0.1, 0.15) is 0 Å². The lowest BCUT2D eigenvalue weighted by atomic mass is 10.0. The van der Waals surface area contributed by atoms with Crippen molar-refractivity contribution in [3.8, 4) is 0 Å². The van der Waals surface area contributed by atoms with Crippen molar-refractivity contribution in [2.24, 2.45) is 5.14 Å². The number of nitrogens with two attached hydrogens (primary N) is 1. The van der Waals surface area contributed by atoms with E-state index in [4.69, 9.17) is 5.14 Å². The number of benzene rings is 1. The predicted octanol–water partition coefficient (Wildman–Crippen LogP) is 0.897. The van der Waals surface area contributed by atoms with Crippen LogP contribution in [0.4, 0.5) is 0 Å². The van der Waals surface area contributed by atoms with Crippen LogP contribution in [0.5, 0.6) is 0 Å². The highest BCUT2D eigenvalue weighted by Crippen LogP contribution is 2.34. The van der Waals surface area contributed by atoms with Gasteiger partial charge in [0.05, 0.1) is 9.79 Å². The van der Waals surface area contributed by atoms with Crippen molar-refractivity contribution in [1.29, 1.82) is 0 Å². The van der Waals surface area contributed by atoms with Crippen LogP contribution in [0.2, 0.25) is 0 Å². The summed E-state index contributed by atoms with van der Waals surface area (Å²) in [6.07, 6.45) is 1.57. The third-order valence-corrected chi connectivity index (χ3v) is 6.56. The number of nitrogens with zero attached hydrogens (tertiary/aromatic N) is 1. The van der Waals surface area contributed by atoms with Gasteiger partial charge in [-0.2, -0.15) is 4.31 Å². The largest absolute Gasteiger partial charge is 0.243 e. The minimum Gasteiger partial charge on any atom is -0.225 e. The van der Waals surface area contributed by atoms with E-state index in [1.165, 1.54) is 22.5 Å². The van der Waals surface area contributed by atoms with Gasteiger partial charge in [-0.1, -0.05) is 6.07 Å². The van der Waals surface area contributed by atoms with Gasteiger partial charge in [0.25, 0.3) is 0 Å². The van der Waals surface area contributed by atoms with Crippen LogP contribution in [0.3, 0.4) is 0 Å². The average Bonchev–Trinajstić information content (AvgIpc) is 2.69. The van der Waals surface area contributed by atoms with E-state index in [9.17, 15) is 16.8 Å². The van der Waals surface area contributed by atoms with Crippen LogP contribution in [-0.2, 0) is 20.0 Å². The van der Waals surface area contributed by atoms with Crippen LogP contribution in [0.15, 0.2) is 34.1 Å². The molecule has 0 atom stereocenters. The Morgan fingerprint density at radius 2 is 1.75 bits per heavy atom. The van der Waals surface area contributed by atoms with Gasteiger partial charge in [-0.15, -0.1) is 0 Å². The Bertz CT molecular complexity index is 724. The zero-order chi connectivity index (χ0) is 15.2. The summed E-state index contributed by atoms with van der Waals surface area (Å²) in [4.78, 5) is -0.241. The number of sulfonamides is 2. The van der Waals surface area contributed by atoms with Gasteiger partial charge < -0.3 is 0 Å². The minimum atomic E-state index is -3.92. The lowest BCUT2D eigenvalue weighted by molar-refractivity contribution is 0.291. The molecule has 1 aromatic rings. The van der Waals surface area contributed by atoms with Crippen LogP contribution >= 0.6 is 0 Å². The number of hydrogen-bond acceptors (Lipinski definition) is 4. The van der Waals surface area contributed by atoms with Gasteiger partial charge in [0.2, 0.25) is 20.0 Å². The third kappa shape index (κ3) is 2.73. The first-order valence-corrected chi connectivity index (χ1v) is 9.19. The van der Waals surface area contributed by atoms with Crippen molar-refractivity contribution in [2.75, 3.05) is 6.54 Å². The van der Waals surface area contributed by atoms with E-state index >= 15 is 0 Å². The lowest BCUT2D eigenvalue weighted by Gasteiger charge is -2.30. The molecule has 1 saturated heterocycles. The fourth-order valence-electron chi connectivity index (χ4n) is 2.47. The number of hydrogen-bond donors (Lipinski definition) is 1. The molecule has 20 heavy (non-hydrogen) atoms. The zero-order valence-corrected chi connectivity index (χ0v) is 13.0. The Kier molecular flexibility index (Phi) is 3.70. The SMILES string of the molecule is CC1(C)CCCN1S(=O)(=O)c1cccc(S(N)(=O)=O)c1. The van der Waals surface area contributed by atoms with Crippen LogP contribution < -0.4 is 5.14 Å². The fraction of sp³-hybridized carbons (Fsp3) is 0.500. The Morgan fingerprint density at radius 3 is 2.25 bits per heavy atom. The van der Waals surface area contributed by atoms with Gasteiger partial charge in [-0.3, -0.25) is 0 Å². The van der Waals surface area contributed by atoms with Gasteiger partial charge >= 0.3 is 0 Å². The zero-order valence-electron chi connectivity index (χ0n) is 11.4. The van der Waals surface area contributed by atoms with Crippen molar-refractivity contribution in [3.05, 3.63) is 24.3 Å². The smallest absolute Gasteiger partial charge is 0.225 e. The molecule has 0 aliphatic carbocycles. The first kappa shape index (κ1) is 15.4. The highest BCUT2D eigenvalue weighted by Gasteiger charge is 2.40. The summed E-state index contributed by atoms with van der Waals surface area (Å²) in [6.45, 7) is 4.16.